The van der Waals surface area contributed by atoms with Crippen LogP contribution in [0.2, 0.25) is 0 Å². The second-order valence-electron chi connectivity index (χ2n) is 5.23. The molecule has 0 bridgehead atoms. The van der Waals surface area contributed by atoms with Gasteiger partial charge in [0.25, 0.3) is 5.91 Å². The van der Waals surface area contributed by atoms with Gasteiger partial charge in [0, 0.05) is 30.2 Å². The third kappa shape index (κ3) is 3.49. The number of carbonyl (C=O) groups is 1. The van der Waals surface area contributed by atoms with Crippen LogP contribution in [-0.2, 0) is 11.2 Å². The smallest absolute Gasteiger partial charge is 0.259 e. The fourth-order valence-corrected chi connectivity index (χ4v) is 2.62. The predicted octanol–water partition coefficient (Wildman–Crippen LogP) is 1.98. The minimum atomic E-state index is -0.114. The summed E-state index contributed by atoms with van der Waals surface area (Å²) in [6, 6.07) is 12.0. The van der Waals surface area contributed by atoms with Crippen molar-refractivity contribution < 1.29 is 4.79 Å². The molecule has 3 rings (SSSR count). The zero-order chi connectivity index (χ0) is 15.2. The summed E-state index contributed by atoms with van der Waals surface area (Å²) >= 11 is 0. The number of para-hydroxylation sites is 1. The van der Waals surface area contributed by atoms with Crippen molar-refractivity contribution in [3.63, 3.8) is 0 Å². The first-order chi connectivity index (χ1) is 10.8. The van der Waals surface area contributed by atoms with Crippen molar-refractivity contribution in [3.8, 4) is 0 Å². The van der Waals surface area contributed by atoms with Crippen LogP contribution in [0.1, 0.15) is 17.5 Å². The van der Waals surface area contributed by atoms with E-state index < -0.39 is 0 Å². The van der Waals surface area contributed by atoms with Crippen LogP contribution in [0.25, 0.3) is 0 Å². The standard InChI is InChI=1S/C17H18N4O/c22-17(20-19-12-14-5-3-9-18-11-14)13-21-10-4-7-15-6-1-2-8-16(15)21/h1-3,5-6,8-9,11-12H,4,7,10,13H2,(H,20,22)/b19-12+. The topological polar surface area (TPSA) is 57.6 Å². The van der Waals surface area contributed by atoms with Crippen molar-refractivity contribution in [1.29, 1.82) is 0 Å². The summed E-state index contributed by atoms with van der Waals surface area (Å²) < 4.78 is 0. The molecule has 5 heteroatoms. The number of benzene rings is 1. The van der Waals surface area contributed by atoms with Crippen molar-refractivity contribution >= 4 is 17.8 Å². The number of hydrazone groups is 1. The van der Waals surface area contributed by atoms with Gasteiger partial charge in [-0.25, -0.2) is 5.43 Å². The van der Waals surface area contributed by atoms with Gasteiger partial charge in [0.15, 0.2) is 0 Å². The molecule has 2 aromatic rings. The van der Waals surface area contributed by atoms with Gasteiger partial charge in [-0.1, -0.05) is 24.3 Å². The highest BCUT2D eigenvalue weighted by molar-refractivity contribution is 5.84. The highest BCUT2D eigenvalue weighted by atomic mass is 16.2. The molecule has 0 atom stereocenters. The molecule has 0 fully saturated rings. The Morgan fingerprint density at radius 3 is 3.09 bits per heavy atom. The first-order valence-electron chi connectivity index (χ1n) is 7.38. The summed E-state index contributed by atoms with van der Waals surface area (Å²) in [7, 11) is 0. The number of pyridine rings is 1. The fourth-order valence-electron chi connectivity index (χ4n) is 2.62. The van der Waals surface area contributed by atoms with Gasteiger partial charge in [-0.05, 0) is 30.5 Å². The van der Waals surface area contributed by atoms with Crippen LogP contribution in [0.15, 0.2) is 53.9 Å². The SMILES string of the molecule is O=C(CN1CCCc2ccccc21)N/N=C/c1cccnc1. The van der Waals surface area contributed by atoms with E-state index in [4.69, 9.17) is 0 Å². The molecule has 1 aromatic carbocycles. The van der Waals surface area contributed by atoms with E-state index in [1.165, 1.54) is 5.56 Å². The first kappa shape index (κ1) is 14.3. The molecule has 0 saturated carbocycles. The number of amides is 1. The lowest BCUT2D eigenvalue weighted by molar-refractivity contribution is -0.119. The Bertz CT molecular complexity index is 669. The normalized spacial score (nSPS) is 13.9. The third-order valence-corrected chi connectivity index (χ3v) is 3.63. The number of hydrogen-bond donors (Lipinski definition) is 1. The lowest BCUT2D eigenvalue weighted by Gasteiger charge is -2.30. The van der Waals surface area contributed by atoms with Crippen LogP contribution < -0.4 is 10.3 Å². The molecule has 1 aliphatic rings. The van der Waals surface area contributed by atoms with E-state index in [9.17, 15) is 4.79 Å². The van der Waals surface area contributed by atoms with Crippen LogP contribution in [0.3, 0.4) is 0 Å². The van der Waals surface area contributed by atoms with Gasteiger partial charge in [0.05, 0.1) is 12.8 Å². The number of fused-ring (bicyclic) bond motifs is 1. The number of aryl methyl sites for hydroxylation is 1. The van der Waals surface area contributed by atoms with Crippen LogP contribution in [0, 0.1) is 0 Å². The molecular weight excluding hydrogens is 276 g/mol. The quantitative estimate of drug-likeness (QED) is 0.693. The number of nitrogens with zero attached hydrogens (tertiary/aromatic N) is 3. The molecule has 1 aromatic heterocycles. The van der Waals surface area contributed by atoms with E-state index in [1.54, 1.807) is 18.6 Å². The maximum Gasteiger partial charge on any atom is 0.259 e. The molecule has 1 aliphatic heterocycles. The van der Waals surface area contributed by atoms with Crippen LogP contribution in [-0.4, -0.2) is 30.2 Å². The van der Waals surface area contributed by atoms with Gasteiger partial charge in [-0.15, -0.1) is 0 Å². The van der Waals surface area contributed by atoms with Crippen molar-refractivity contribution in [2.45, 2.75) is 12.8 Å². The Hall–Kier alpha value is -2.69. The maximum atomic E-state index is 12.0. The lowest BCUT2D eigenvalue weighted by Crippen LogP contribution is -2.38. The summed E-state index contributed by atoms with van der Waals surface area (Å²) in [6.07, 6.45) is 7.13. The number of nitrogens with one attached hydrogen (secondary N) is 1. The monoisotopic (exact) mass is 294 g/mol. The van der Waals surface area contributed by atoms with Gasteiger partial charge >= 0.3 is 0 Å². The number of anilines is 1. The number of rotatable bonds is 4. The van der Waals surface area contributed by atoms with Crippen LogP contribution in [0.4, 0.5) is 5.69 Å². The summed E-state index contributed by atoms with van der Waals surface area (Å²) in [6.45, 7) is 1.22. The van der Waals surface area contributed by atoms with Crippen LogP contribution in [0.5, 0.6) is 0 Å². The van der Waals surface area contributed by atoms with Gasteiger partial charge < -0.3 is 4.90 Å². The van der Waals surface area contributed by atoms with Crippen molar-refractivity contribution in [1.82, 2.24) is 10.4 Å². The van der Waals surface area contributed by atoms with Gasteiger partial charge in [-0.3, -0.25) is 9.78 Å². The molecule has 1 amide bonds. The largest absolute Gasteiger partial charge is 0.362 e. The molecule has 0 spiro atoms. The van der Waals surface area contributed by atoms with E-state index in [-0.39, 0.29) is 5.91 Å². The molecule has 0 radical (unpaired) electrons. The molecule has 5 nitrogen and oxygen atoms in total. The van der Waals surface area contributed by atoms with E-state index in [0.29, 0.717) is 6.54 Å². The molecular formula is C17H18N4O. The Morgan fingerprint density at radius 1 is 1.32 bits per heavy atom. The predicted molar refractivity (Wildman–Crippen MR) is 86.9 cm³/mol. The second kappa shape index (κ2) is 6.85. The van der Waals surface area contributed by atoms with Crippen molar-refractivity contribution in [2.75, 3.05) is 18.0 Å². The average Bonchev–Trinajstić information content (AvgIpc) is 2.56. The number of aromatic nitrogens is 1. The van der Waals surface area contributed by atoms with E-state index in [1.807, 2.05) is 24.3 Å². The first-order valence-corrected chi connectivity index (χ1v) is 7.38. The summed E-state index contributed by atoms with van der Waals surface area (Å²) in [5.74, 6) is -0.114. The van der Waals surface area contributed by atoms with Gasteiger partial charge in [0.2, 0.25) is 0 Å². The fraction of sp³-hybridized carbons (Fsp3) is 0.235. The molecule has 1 N–H and O–H groups in total. The average molecular weight is 294 g/mol. The summed E-state index contributed by atoms with van der Waals surface area (Å²) in [4.78, 5) is 18.1. The maximum absolute atomic E-state index is 12.0. The zero-order valence-electron chi connectivity index (χ0n) is 12.3. The van der Waals surface area contributed by atoms with E-state index in [0.717, 1.165) is 30.6 Å². The Labute approximate surface area is 129 Å². The minimum Gasteiger partial charge on any atom is -0.362 e. The van der Waals surface area contributed by atoms with E-state index in [2.05, 4.69) is 32.5 Å². The minimum absolute atomic E-state index is 0.114. The number of carbonyl (C=O) groups excluding carboxylic acids is 1. The molecule has 22 heavy (non-hydrogen) atoms. The second-order valence-corrected chi connectivity index (χ2v) is 5.23. The Morgan fingerprint density at radius 2 is 2.23 bits per heavy atom. The van der Waals surface area contributed by atoms with Gasteiger partial charge in [0.1, 0.15) is 0 Å². The van der Waals surface area contributed by atoms with Crippen molar-refractivity contribution in [3.05, 3.63) is 59.9 Å². The Balaban J connectivity index is 1.58. The van der Waals surface area contributed by atoms with Crippen LogP contribution >= 0.6 is 0 Å². The third-order valence-electron chi connectivity index (χ3n) is 3.63. The molecule has 112 valence electrons. The van der Waals surface area contributed by atoms with E-state index >= 15 is 0 Å². The Kier molecular flexibility index (Phi) is 4.44. The van der Waals surface area contributed by atoms with Crippen molar-refractivity contribution in [2.24, 2.45) is 5.10 Å². The molecule has 0 aliphatic carbocycles. The number of hydrogen-bond acceptors (Lipinski definition) is 4. The highest BCUT2D eigenvalue weighted by Crippen LogP contribution is 2.26. The summed E-state index contributed by atoms with van der Waals surface area (Å²) in [5.41, 5.74) is 5.88. The molecule has 0 unspecified atom stereocenters. The molecule has 2 heterocycles. The zero-order valence-corrected chi connectivity index (χ0v) is 12.3. The summed E-state index contributed by atoms with van der Waals surface area (Å²) in [5, 5.41) is 3.97. The highest BCUT2D eigenvalue weighted by Gasteiger charge is 2.18. The molecule has 0 saturated heterocycles. The van der Waals surface area contributed by atoms with Gasteiger partial charge in [-0.2, -0.15) is 5.10 Å². The lowest BCUT2D eigenvalue weighted by atomic mass is 10.0.